The summed E-state index contributed by atoms with van der Waals surface area (Å²) in [6, 6.07) is 7.57. The minimum atomic E-state index is -0.365. The number of carbonyl (C=O) groups is 1. The molecule has 2 aromatic rings. The Balaban J connectivity index is 2.02. The average Bonchev–Trinajstić information content (AvgIpc) is 2.91. The highest BCUT2D eigenvalue weighted by atomic mass is 16.6. The third-order valence-electron chi connectivity index (χ3n) is 2.54. The molecule has 0 saturated heterocycles. The first-order chi connectivity index (χ1) is 9.29. The molecule has 0 aliphatic rings. The van der Waals surface area contributed by atoms with Gasteiger partial charge in [-0.2, -0.15) is 0 Å². The summed E-state index contributed by atoms with van der Waals surface area (Å²) in [6.45, 7) is 2.04. The lowest BCUT2D eigenvalue weighted by molar-refractivity contribution is -0.145. The number of rotatable bonds is 6. The van der Waals surface area contributed by atoms with E-state index in [-0.39, 0.29) is 12.6 Å². The van der Waals surface area contributed by atoms with E-state index in [0.717, 1.165) is 11.4 Å². The lowest BCUT2D eigenvalue weighted by Crippen LogP contribution is -2.15. The molecule has 0 fully saturated rings. The number of nitrogens with one attached hydrogen (secondary N) is 1. The van der Waals surface area contributed by atoms with E-state index in [4.69, 9.17) is 9.47 Å². The number of hydrogen-bond donors (Lipinski definition) is 1. The van der Waals surface area contributed by atoms with Crippen LogP contribution < -0.4 is 4.74 Å². The molecule has 1 heterocycles. The van der Waals surface area contributed by atoms with Crippen molar-refractivity contribution in [3.05, 3.63) is 48.0 Å². The summed E-state index contributed by atoms with van der Waals surface area (Å²) in [4.78, 5) is 18.5. The maximum Gasteiger partial charge on any atom is 0.344 e. The van der Waals surface area contributed by atoms with Crippen molar-refractivity contribution in [3.63, 3.8) is 0 Å². The van der Waals surface area contributed by atoms with Crippen LogP contribution in [0.3, 0.4) is 0 Å². The van der Waals surface area contributed by atoms with Gasteiger partial charge in [0.25, 0.3) is 0 Å². The largest absolute Gasteiger partial charge is 0.482 e. The number of H-pyrrole nitrogens is 1. The second-order valence-electron chi connectivity index (χ2n) is 3.91. The van der Waals surface area contributed by atoms with Crippen LogP contribution in [0.5, 0.6) is 5.75 Å². The zero-order valence-electron chi connectivity index (χ0n) is 10.8. The van der Waals surface area contributed by atoms with Gasteiger partial charge in [-0.15, -0.1) is 0 Å². The van der Waals surface area contributed by atoms with Crippen molar-refractivity contribution in [2.45, 2.75) is 13.3 Å². The number of ether oxygens (including phenoxy) is 2. The van der Waals surface area contributed by atoms with Crippen LogP contribution in [0.15, 0.2) is 36.7 Å². The van der Waals surface area contributed by atoms with Crippen LogP contribution in [0.25, 0.3) is 0 Å². The smallest absolute Gasteiger partial charge is 0.344 e. The highest BCUT2D eigenvalue weighted by Crippen LogP contribution is 2.20. The summed E-state index contributed by atoms with van der Waals surface area (Å²) in [5.74, 6) is 1.16. The van der Waals surface area contributed by atoms with Crippen molar-refractivity contribution in [3.8, 4) is 5.75 Å². The average molecular weight is 260 g/mol. The molecule has 0 saturated carbocycles. The molecule has 0 aliphatic heterocycles. The second-order valence-corrected chi connectivity index (χ2v) is 3.91. The molecule has 2 rings (SSSR count). The molecule has 100 valence electrons. The van der Waals surface area contributed by atoms with Gasteiger partial charge in [0.15, 0.2) is 6.61 Å². The Morgan fingerprint density at radius 2 is 2.21 bits per heavy atom. The van der Waals surface area contributed by atoms with Crippen LogP contribution in [0.2, 0.25) is 0 Å². The maximum absolute atomic E-state index is 11.3. The topological polar surface area (TPSA) is 64.2 Å². The molecule has 1 N–H and O–H groups in total. The molecule has 5 heteroatoms. The SMILES string of the molecule is CCOC(=O)COc1ccccc1Cc1ncc[nH]1. The Labute approximate surface area is 111 Å². The number of carbonyl (C=O) groups excluding carboxylic acids is 1. The zero-order valence-corrected chi connectivity index (χ0v) is 10.8. The van der Waals surface area contributed by atoms with Crippen molar-refractivity contribution < 1.29 is 14.3 Å². The second kappa shape index (κ2) is 6.58. The molecule has 0 amide bonds. The van der Waals surface area contributed by atoms with Gasteiger partial charge >= 0.3 is 5.97 Å². The number of para-hydroxylation sites is 1. The summed E-state index contributed by atoms with van der Waals surface area (Å²) in [6.07, 6.45) is 4.11. The monoisotopic (exact) mass is 260 g/mol. The predicted molar refractivity (Wildman–Crippen MR) is 70.0 cm³/mol. The van der Waals surface area contributed by atoms with Crippen molar-refractivity contribution in [2.75, 3.05) is 13.2 Å². The van der Waals surface area contributed by atoms with E-state index in [0.29, 0.717) is 18.8 Å². The van der Waals surface area contributed by atoms with E-state index in [1.165, 1.54) is 0 Å². The van der Waals surface area contributed by atoms with Crippen molar-refractivity contribution in [1.82, 2.24) is 9.97 Å². The molecule has 0 bridgehead atoms. The van der Waals surface area contributed by atoms with E-state index >= 15 is 0 Å². The third kappa shape index (κ3) is 3.84. The van der Waals surface area contributed by atoms with Crippen LogP contribution in [-0.2, 0) is 16.0 Å². The Morgan fingerprint density at radius 1 is 1.37 bits per heavy atom. The van der Waals surface area contributed by atoms with Crippen LogP contribution in [-0.4, -0.2) is 29.2 Å². The molecular formula is C14H16N2O3. The Morgan fingerprint density at radius 3 is 2.95 bits per heavy atom. The Kier molecular flexibility index (Phi) is 4.55. The van der Waals surface area contributed by atoms with Gasteiger partial charge < -0.3 is 14.5 Å². The number of nitrogens with zero attached hydrogens (tertiary/aromatic N) is 1. The van der Waals surface area contributed by atoms with Crippen LogP contribution in [0.1, 0.15) is 18.3 Å². The minimum absolute atomic E-state index is 0.0803. The van der Waals surface area contributed by atoms with Gasteiger partial charge in [0.05, 0.1) is 6.61 Å². The van der Waals surface area contributed by atoms with E-state index in [9.17, 15) is 4.79 Å². The molecule has 19 heavy (non-hydrogen) atoms. The molecule has 0 spiro atoms. The summed E-state index contributed by atoms with van der Waals surface area (Å²) in [7, 11) is 0. The van der Waals surface area contributed by atoms with E-state index in [2.05, 4.69) is 9.97 Å². The van der Waals surface area contributed by atoms with E-state index in [1.807, 2.05) is 24.3 Å². The quantitative estimate of drug-likeness (QED) is 0.806. The number of hydrogen-bond acceptors (Lipinski definition) is 4. The predicted octanol–water partition coefficient (Wildman–Crippen LogP) is 1.94. The summed E-state index contributed by atoms with van der Waals surface area (Å²) < 4.78 is 10.3. The minimum Gasteiger partial charge on any atom is -0.482 e. The molecule has 1 aromatic heterocycles. The summed E-state index contributed by atoms with van der Waals surface area (Å²) in [5.41, 5.74) is 0.974. The van der Waals surface area contributed by atoms with Gasteiger partial charge in [0.1, 0.15) is 11.6 Å². The fraction of sp³-hybridized carbons (Fsp3) is 0.286. The van der Waals surface area contributed by atoms with Crippen LogP contribution >= 0.6 is 0 Å². The molecule has 0 atom stereocenters. The van der Waals surface area contributed by atoms with Crippen molar-refractivity contribution in [1.29, 1.82) is 0 Å². The zero-order chi connectivity index (χ0) is 13.5. The van der Waals surface area contributed by atoms with Gasteiger partial charge in [-0.05, 0) is 13.0 Å². The van der Waals surface area contributed by atoms with Gasteiger partial charge in [0.2, 0.25) is 0 Å². The number of aromatic amines is 1. The maximum atomic E-state index is 11.3. The van der Waals surface area contributed by atoms with Gasteiger partial charge in [-0.25, -0.2) is 9.78 Å². The molecule has 1 aromatic carbocycles. The van der Waals surface area contributed by atoms with Gasteiger partial charge in [0, 0.05) is 24.4 Å². The standard InChI is InChI=1S/C14H16N2O3/c1-2-18-14(17)10-19-12-6-4-3-5-11(12)9-13-15-7-8-16-13/h3-8H,2,9-10H2,1H3,(H,15,16). The Hall–Kier alpha value is -2.30. The first-order valence-corrected chi connectivity index (χ1v) is 6.14. The highest BCUT2D eigenvalue weighted by molar-refractivity contribution is 5.71. The summed E-state index contributed by atoms with van der Waals surface area (Å²) >= 11 is 0. The lowest BCUT2D eigenvalue weighted by Gasteiger charge is -2.10. The van der Waals surface area contributed by atoms with E-state index in [1.54, 1.807) is 19.3 Å². The van der Waals surface area contributed by atoms with Crippen molar-refractivity contribution in [2.24, 2.45) is 0 Å². The summed E-state index contributed by atoms with van der Waals surface area (Å²) in [5, 5.41) is 0. The third-order valence-corrected chi connectivity index (χ3v) is 2.54. The number of esters is 1. The van der Waals surface area contributed by atoms with Gasteiger partial charge in [-0.3, -0.25) is 0 Å². The normalized spacial score (nSPS) is 10.2. The van der Waals surface area contributed by atoms with Crippen LogP contribution in [0, 0.1) is 0 Å². The van der Waals surface area contributed by atoms with Gasteiger partial charge in [-0.1, -0.05) is 18.2 Å². The molecule has 5 nitrogen and oxygen atoms in total. The highest BCUT2D eigenvalue weighted by Gasteiger charge is 2.08. The number of aromatic nitrogens is 2. The fourth-order valence-corrected chi connectivity index (χ4v) is 1.71. The Bertz CT molecular complexity index is 523. The lowest BCUT2D eigenvalue weighted by atomic mass is 10.1. The molecule has 0 unspecified atom stereocenters. The number of imidazole rings is 1. The first-order valence-electron chi connectivity index (χ1n) is 6.14. The van der Waals surface area contributed by atoms with Crippen LogP contribution in [0.4, 0.5) is 0 Å². The molecule has 0 radical (unpaired) electrons. The molecule has 0 aliphatic carbocycles. The first kappa shape index (κ1) is 13.1. The van der Waals surface area contributed by atoms with E-state index < -0.39 is 0 Å². The molecular weight excluding hydrogens is 244 g/mol. The number of benzene rings is 1. The van der Waals surface area contributed by atoms with Crippen molar-refractivity contribution >= 4 is 5.97 Å². The fourth-order valence-electron chi connectivity index (χ4n) is 1.71.